The fourth-order valence-corrected chi connectivity index (χ4v) is 2.32. The Morgan fingerprint density at radius 2 is 2.31 bits per heavy atom. The molecule has 1 aliphatic heterocycles. The van der Waals surface area contributed by atoms with E-state index in [0.29, 0.717) is 12.5 Å². The largest absolute Gasteiger partial charge is 0.314 e. The number of nitrogens with one attached hydrogen (secondary N) is 1. The van der Waals surface area contributed by atoms with Gasteiger partial charge in [0.05, 0.1) is 0 Å². The van der Waals surface area contributed by atoms with Crippen molar-refractivity contribution >= 4 is 0 Å². The highest BCUT2D eigenvalue weighted by Crippen LogP contribution is 2.29. The Bertz CT molecular complexity index is 141. The van der Waals surface area contributed by atoms with Crippen molar-refractivity contribution in [2.75, 3.05) is 13.1 Å². The van der Waals surface area contributed by atoms with E-state index in [2.05, 4.69) is 19.2 Å². The van der Waals surface area contributed by atoms with Crippen molar-refractivity contribution in [2.45, 2.75) is 51.6 Å². The molecule has 1 nitrogen and oxygen atoms in total. The summed E-state index contributed by atoms with van der Waals surface area (Å²) in [5.74, 6) is 0.537. The first-order valence-electron chi connectivity index (χ1n) is 5.56. The summed E-state index contributed by atoms with van der Waals surface area (Å²) in [6, 6.07) is 0. The normalized spacial score (nSPS) is 31.6. The number of piperidine rings is 1. The van der Waals surface area contributed by atoms with Crippen molar-refractivity contribution in [2.24, 2.45) is 5.92 Å². The van der Waals surface area contributed by atoms with Gasteiger partial charge >= 0.3 is 0 Å². The number of halogens is 1. The first kappa shape index (κ1) is 11.0. The summed E-state index contributed by atoms with van der Waals surface area (Å²) in [4.78, 5) is 0. The van der Waals surface area contributed by atoms with Crippen molar-refractivity contribution in [3.8, 4) is 0 Å². The molecule has 0 radical (unpaired) electrons. The molecule has 0 aromatic carbocycles. The molecule has 1 rings (SSSR count). The van der Waals surface area contributed by atoms with E-state index in [9.17, 15) is 4.39 Å². The fourth-order valence-electron chi connectivity index (χ4n) is 2.32. The van der Waals surface area contributed by atoms with Crippen LogP contribution in [0.3, 0.4) is 0 Å². The Morgan fingerprint density at radius 3 is 2.85 bits per heavy atom. The van der Waals surface area contributed by atoms with E-state index in [-0.39, 0.29) is 0 Å². The predicted molar refractivity (Wildman–Crippen MR) is 54.6 cm³/mol. The third kappa shape index (κ3) is 3.63. The molecule has 2 heteroatoms. The number of rotatable bonds is 4. The maximum Gasteiger partial charge on any atom is 0.123 e. The van der Waals surface area contributed by atoms with Gasteiger partial charge in [0.1, 0.15) is 5.67 Å². The van der Waals surface area contributed by atoms with Crippen LogP contribution in [0.1, 0.15) is 46.0 Å². The highest BCUT2D eigenvalue weighted by molar-refractivity contribution is 4.86. The van der Waals surface area contributed by atoms with Gasteiger partial charge in [0, 0.05) is 6.54 Å². The predicted octanol–water partition coefficient (Wildman–Crippen LogP) is 2.90. The molecular weight excluding hydrogens is 165 g/mol. The SMILES string of the molecule is CCCC(C)CC1(F)CCCNC1. The maximum absolute atomic E-state index is 14.1. The summed E-state index contributed by atoms with van der Waals surface area (Å²) in [6.45, 7) is 5.90. The molecule has 1 fully saturated rings. The van der Waals surface area contributed by atoms with Gasteiger partial charge in [0.15, 0.2) is 0 Å². The molecule has 0 spiro atoms. The maximum atomic E-state index is 14.1. The molecule has 0 bridgehead atoms. The van der Waals surface area contributed by atoms with Crippen LogP contribution in [0.4, 0.5) is 4.39 Å². The summed E-state index contributed by atoms with van der Waals surface area (Å²) in [7, 11) is 0. The van der Waals surface area contributed by atoms with Crippen LogP contribution in [0.5, 0.6) is 0 Å². The van der Waals surface area contributed by atoms with Crippen molar-refractivity contribution < 1.29 is 4.39 Å². The zero-order valence-electron chi connectivity index (χ0n) is 8.91. The van der Waals surface area contributed by atoms with Crippen LogP contribution in [0, 0.1) is 5.92 Å². The Morgan fingerprint density at radius 1 is 1.54 bits per heavy atom. The average molecular weight is 187 g/mol. The second-order valence-corrected chi connectivity index (χ2v) is 4.53. The Labute approximate surface area is 81.1 Å². The van der Waals surface area contributed by atoms with Crippen molar-refractivity contribution in [3.05, 3.63) is 0 Å². The van der Waals surface area contributed by atoms with Crippen molar-refractivity contribution in [3.63, 3.8) is 0 Å². The Hall–Kier alpha value is -0.110. The molecule has 1 aliphatic rings. The molecule has 0 aromatic rings. The highest BCUT2D eigenvalue weighted by Gasteiger charge is 2.32. The molecule has 2 unspecified atom stereocenters. The van der Waals surface area contributed by atoms with Crippen LogP contribution in [0.2, 0.25) is 0 Å². The zero-order chi connectivity index (χ0) is 9.73. The highest BCUT2D eigenvalue weighted by atomic mass is 19.1. The molecule has 1 saturated heterocycles. The van der Waals surface area contributed by atoms with Crippen LogP contribution in [0.15, 0.2) is 0 Å². The van der Waals surface area contributed by atoms with Crippen LogP contribution in [-0.4, -0.2) is 18.8 Å². The number of alkyl halides is 1. The van der Waals surface area contributed by atoms with Gasteiger partial charge < -0.3 is 5.32 Å². The first-order valence-corrected chi connectivity index (χ1v) is 5.56. The van der Waals surface area contributed by atoms with E-state index in [4.69, 9.17) is 0 Å². The van der Waals surface area contributed by atoms with Crippen LogP contribution < -0.4 is 5.32 Å². The topological polar surface area (TPSA) is 12.0 Å². The minimum atomic E-state index is -0.910. The quantitative estimate of drug-likeness (QED) is 0.713. The molecular formula is C11H22FN. The van der Waals surface area contributed by atoms with Gasteiger partial charge in [-0.2, -0.15) is 0 Å². The van der Waals surface area contributed by atoms with Crippen LogP contribution in [0.25, 0.3) is 0 Å². The van der Waals surface area contributed by atoms with Crippen molar-refractivity contribution in [1.82, 2.24) is 5.32 Å². The molecule has 78 valence electrons. The summed E-state index contributed by atoms with van der Waals surface area (Å²) in [5, 5.41) is 3.15. The lowest BCUT2D eigenvalue weighted by Gasteiger charge is -2.32. The lowest BCUT2D eigenvalue weighted by atomic mass is 9.85. The standard InChI is InChI=1S/C11H22FN/c1-3-5-10(2)8-11(12)6-4-7-13-9-11/h10,13H,3-9H2,1-2H3. The third-order valence-electron chi connectivity index (χ3n) is 2.92. The molecule has 0 aromatic heterocycles. The van der Waals surface area contributed by atoms with Gasteiger partial charge in [-0.15, -0.1) is 0 Å². The molecule has 13 heavy (non-hydrogen) atoms. The fraction of sp³-hybridized carbons (Fsp3) is 1.00. The van der Waals surface area contributed by atoms with Gasteiger partial charge in [0.2, 0.25) is 0 Å². The van der Waals surface area contributed by atoms with Crippen molar-refractivity contribution in [1.29, 1.82) is 0 Å². The minimum Gasteiger partial charge on any atom is -0.314 e. The van der Waals surface area contributed by atoms with E-state index < -0.39 is 5.67 Å². The average Bonchev–Trinajstić information content (AvgIpc) is 2.04. The summed E-state index contributed by atoms with van der Waals surface area (Å²) in [5.41, 5.74) is -0.910. The molecule has 1 N–H and O–H groups in total. The Balaban J connectivity index is 2.31. The van der Waals surface area contributed by atoms with Gasteiger partial charge in [-0.1, -0.05) is 26.7 Å². The number of hydrogen-bond donors (Lipinski definition) is 1. The minimum absolute atomic E-state index is 0.537. The molecule has 0 amide bonds. The summed E-state index contributed by atoms with van der Waals surface area (Å²) in [6.07, 6.45) is 4.83. The lowest BCUT2D eigenvalue weighted by molar-refractivity contribution is 0.0905. The smallest absolute Gasteiger partial charge is 0.123 e. The first-order chi connectivity index (χ1) is 6.16. The Kier molecular flexibility index (Phi) is 4.17. The zero-order valence-corrected chi connectivity index (χ0v) is 8.91. The summed E-state index contributed by atoms with van der Waals surface area (Å²) >= 11 is 0. The molecule has 1 heterocycles. The van der Waals surface area contributed by atoms with Crippen LogP contribution in [-0.2, 0) is 0 Å². The van der Waals surface area contributed by atoms with E-state index in [1.807, 2.05) is 0 Å². The van der Waals surface area contributed by atoms with E-state index >= 15 is 0 Å². The third-order valence-corrected chi connectivity index (χ3v) is 2.92. The van der Waals surface area contributed by atoms with Gasteiger partial charge in [-0.05, 0) is 31.7 Å². The molecule has 0 aliphatic carbocycles. The van der Waals surface area contributed by atoms with E-state index in [1.54, 1.807) is 0 Å². The van der Waals surface area contributed by atoms with E-state index in [0.717, 1.165) is 32.2 Å². The molecule has 2 atom stereocenters. The van der Waals surface area contributed by atoms with E-state index in [1.165, 1.54) is 6.42 Å². The number of hydrogen-bond acceptors (Lipinski definition) is 1. The van der Waals surface area contributed by atoms with Gasteiger partial charge in [0.25, 0.3) is 0 Å². The second-order valence-electron chi connectivity index (χ2n) is 4.53. The summed E-state index contributed by atoms with van der Waals surface area (Å²) < 4.78 is 14.1. The van der Waals surface area contributed by atoms with Gasteiger partial charge in [-0.25, -0.2) is 4.39 Å². The van der Waals surface area contributed by atoms with Gasteiger partial charge in [-0.3, -0.25) is 0 Å². The molecule has 0 saturated carbocycles. The lowest BCUT2D eigenvalue weighted by Crippen LogP contribution is -2.43. The monoisotopic (exact) mass is 187 g/mol. The van der Waals surface area contributed by atoms with Crippen LogP contribution >= 0.6 is 0 Å². The second kappa shape index (κ2) is 4.94.